The summed E-state index contributed by atoms with van der Waals surface area (Å²) in [5, 5.41) is 0. The number of nitrogens with zero attached hydrogens (tertiary/aromatic N) is 4. The summed E-state index contributed by atoms with van der Waals surface area (Å²) in [6.45, 7) is 2.29. The third kappa shape index (κ3) is 3.10. The Hall–Kier alpha value is -2.66. The van der Waals surface area contributed by atoms with Gasteiger partial charge in [-0.25, -0.2) is 4.98 Å². The Kier molecular flexibility index (Phi) is 4.47. The number of hydrogen-bond donors (Lipinski definition) is 0. The average molecular weight is 348 g/mol. The van der Waals surface area contributed by atoms with Crippen molar-refractivity contribution in [2.24, 2.45) is 0 Å². The van der Waals surface area contributed by atoms with Crippen LogP contribution in [0.2, 0.25) is 0 Å². The van der Waals surface area contributed by atoms with Crippen LogP contribution in [0.1, 0.15) is 17.8 Å². The molecule has 4 rings (SSSR count). The van der Waals surface area contributed by atoms with Crippen LogP contribution >= 0.6 is 0 Å². The van der Waals surface area contributed by atoms with E-state index in [4.69, 9.17) is 4.98 Å². The monoisotopic (exact) mass is 348 g/mol. The molecule has 0 spiro atoms. The number of carbonyl (C=O) groups is 1. The summed E-state index contributed by atoms with van der Waals surface area (Å²) in [6.07, 6.45) is 1.39. The van der Waals surface area contributed by atoms with Crippen LogP contribution in [0.4, 0.5) is 5.69 Å². The Morgan fingerprint density at radius 1 is 1.04 bits per heavy atom. The number of amides is 1. The second-order valence-corrected chi connectivity index (χ2v) is 7.08. The van der Waals surface area contributed by atoms with Crippen LogP contribution in [-0.4, -0.2) is 41.0 Å². The van der Waals surface area contributed by atoms with E-state index < -0.39 is 0 Å². The fourth-order valence-electron chi connectivity index (χ4n) is 3.61. The van der Waals surface area contributed by atoms with Crippen molar-refractivity contribution in [3.63, 3.8) is 0 Å². The molecule has 0 aliphatic carbocycles. The van der Waals surface area contributed by atoms with Crippen LogP contribution in [0.3, 0.4) is 0 Å². The lowest BCUT2D eigenvalue weighted by molar-refractivity contribution is -0.119. The predicted molar refractivity (Wildman–Crippen MR) is 104 cm³/mol. The number of aryl methyl sites for hydroxylation is 1. The first-order chi connectivity index (χ1) is 12.6. The normalized spacial score (nSPS) is 14.3. The molecule has 2 heterocycles. The summed E-state index contributed by atoms with van der Waals surface area (Å²) < 4.78 is 2.25. The first kappa shape index (κ1) is 16.8. The largest absolute Gasteiger partial charge is 0.325 e. The highest BCUT2D eigenvalue weighted by Gasteiger charge is 2.25. The van der Waals surface area contributed by atoms with Crippen molar-refractivity contribution in [2.75, 3.05) is 25.5 Å². The lowest BCUT2D eigenvalue weighted by atomic mass is 10.0. The molecule has 134 valence electrons. The van der Waals surface area contributed by atoms with Gasteiger partial charge in [0.15, 0.2) is 0 Å². The Balaban J connectivity index is 1.73. The van der Waals surface area contributed by atoms with Crippen molar-refractivity contribution < 1.29 is 4.79 Å². The number of rotatable bonds is 5. The smallest absolute Gasteiger partial charge is 0.227 e. The van der Waals surface area contributed by atoms with Crippen LogP contribution in [-0.2, 0) is 24.3 Å². The number of likely N-dealkylation sites (N-methyl/N-ethyl adjacent to an activating group) is 1. The molecule has 0 unspecified atom stereocenters. The number of aromatic nitrogens is 2. The van der Waals surface area contributed by atoms with Gasteiger partial charge < -0.3 is 14.4 Å². The molecule has 26 heavy (non-hydrogen) atoms. The lowest BCUT2D eigenvalue weighted by Gasteiger charge is -2.29. The second-order valence-electron chi connectivity index (χ2n) is 7.08. The van der Waals surface area contributed by atoms with Crippen molar-refractivity contribution in [1.29, 1.82) is 0 Å². The van der Waals surface area contributed by atoms with Crippen molar-refractivity contribution in [2.45, 2.75) is 25.9 Å². The number of fused-ring (bicyclic) bond motifs is 2. The SMILES string of the molecule is CN(C)CCn1c(CN2C(=O)CCc3ccccc32)nc2ccccc21. The lowest BCUT2D eigenvalue weighted by Crippen LogP contribution is -2.35. The van der Waals surface area contributed by atoms with Crippen LogP contribution in [0, 0.1) is 0 Å². The first-order valence-electron chi connectivity index (χ1n) is 9.10. The van der Waals surface area contributed by atoms with Gasteiger partial charge in [-0.1, -0.05) is 30.3 Å². The van der Waals surface area contributed by atoms with Crippen molar-refractivity contribution in [1.82, 2.24) is 14.5 Å². The zero-order valence-electron chi connectivity index (χ0n) is 15.4. The van der Waals surface area contributed by atoms with Gasteiger partial charge in [-0.05, 0) is 44.3 Å². The molecule has 1 aliphatic rings. The van der Waals surface area contributed by atoms with E-state index in [0.29, 0.717) is 13.0 Å². The Labute approximate surface area is 153 Å². The Bertz CT molecular complexity index is 944. The molecule has 0 radical (unpaired) electrons. The number of carbonyl (C=O) groups excluding carboxylic acids is 1. The maximum absolute atomic E-state index is 12.6. The van der Waals surface area contributed by atoms with Crippen molar-refractivity contribution in [3.8, 4) is 0 Å². The van der Waals surface area contributed by atoms with Gasteiger partial charge in [0.05, 0.1) is 17.6 Å². The number of para-hydroxylation sites is 3. The highest BCUT2D eigenvalue weighted by atomic mass is 16.2. The minimum atomic E-state index is 0.176. The molecule has 0 atom stereocenters. The summed E-state index contributed by atoms with van der Waals surface area (Å²) in [5.74, 6) is 1.12. The number of imidazole rings is 1. The molecule has 0 saturated carbocycles. The van der Waals surface area contributed by atoms with Crippen LogP contribution < -0.4 is 4.90 Å². The van der Waals surface area contributed by atoms with E-state index in [1.54, 1.807) is 0 Å². The van der Waals surface area contributed by atoms with Gasteiger partial charge in [-0.2, -0.15) is 0 Å². The molecule has 0 bridgehead atoms. The van der Waals surface area contributed by atoms with Gasteiger partial charge in [-0.15, -0.1) is 0 Å². The van der Waals surface area contributed by atoms with E-state index in [0.717, 1.165) is 42.1 Å². The predicted octanol–water partition coefficient (Wildman–Crippen LogP) is 3.08. The van der Waals surface area contributed by atoms with E-state index in [2.05, 4.69) is 35.7 Å². The number of benzene rings is 2. The molecular formula is C21H24N4O. The quantitative estimate of drug-likeness (QED) is 0.711. The number of anilines is 1. The second kappa shape index (κ2) is 6.92. The minimum Gasteiger partial charge on any atom is -0.325 e. The summed E-state index contributed by atoms with van der Waals surface area (Å²) in [5.41, 5.74) is 4.37. The molecule has 1 aromatic heterocycles. The van der Waals surface area contributed by atoms with Crippen LogP contribution in [0.25, 0.3) is 11.0 Å². The molecule has 0 saturated heterocycles. The zero-order chi connectivity index (χ0) is 18.1. The summed E-state index contributed by atoms with van der Waals surface area (Å²) in [4.78, 5) is 21.5. The third-order valence-electron chi connectivity index (χ3n) is 5.00. The topological polar surface area (TPSA) is 41.4 Å². The van der Waals surface area contributed by atoms with Gasteiger partial charge in [0.25, 0.3) is 0 Å². The fourth-order valence-corrected chi connectivity index (χ4v) is 3.61. The summed E-state index contributed by atoms with van der Waals surface area (Å²) >= 11 is 0. The first-order valence-corrected chi connectivity index (χ1v) is 9.10. The minimum absolute atomic E-state index is 0.176. The van der Waals surface area contributed by atoms with Crippen LogP contribution in [0.15, 0.2) is 48.5 Å². The van der Waals surface area contributed by atoms with Gasteiger partial charge in [-0.3, -0.25) is 4.79 Å². The van der Waals surface area contributed by atoms with E-state index >= 15 is 0 Å². The third-order valence-corrected chi connectivity index (χ3v) is 5.00. The fraction of sp³-hybridized carbons (Fsp3) is 0.333. The molecule has 1 amide bonds. The zero-order valence-corrected chi connectivity index (χ0v) is 15.4. The Morgan fingerprint density at radius 2 is 1.81 bits per heavy atom. The Morgan fingerprint density at radius 3 is 2.65 bits per heavy atom. The van der Waals surface area contributed by atoms with Crippen LogP contribution in [0.5, 0.6) is 0 Å². The van der Waals surface area contributed by atoms with Crippen molar-refractivity contribution >= 4 is 22.6 Å². The maximum atomic E-state index is 12.6. The summed E-state index contributed by atoms with van der Waals surface area (Å²) in [6, 6.07) is 16.4. The van der Waals surface area contributed by atoms with Gasteiger partial charge in [0.2, 0.25) is 5.91 Å². The van der Waals surface area contributed by atoms with E-state index in [1.807, 2.05) is 41.3 Å². The molecule has 1 aliphatic heterocycles. The molecule has 2 aromatic carbocycles. The molecule has 5 nitrogen and oxygen atoms in total. The van der Waals surface area contributed by atoms with Gasteiger partial charge in [0.1, 0.15) is 5.82 Å². The molecule has 0 fully saturated rings. The van der Waals surface area contributed by atoms with E-state index in [1.165, 1.54) is 5.56 Å². The van der Waals surface area contributed by atoms with E-state index in [9.17, 15) is 4.79 Å². The molecular weight excluding hydrogens is 324 g/mol. The number of hydrogen-bond acceptors (Lipinski definition) is 3. The molecule has 3 aromatic rings. The molecule has 5 heteroatoms. The average Bonchev–Trinajstić information content (AvgIpc) is 2.99. The van der Waals surface area contributed by atoms with Crippen molar-refractivity contribution in [3.05, 3.63) is 59.9 Å². The summed E-state index contributed by atoms with van der Waals surface area (Å²) in [7, 11) is 4.15. The highest BCUT2D eigenvalue weighted by Crippen LogP contribution is 2.29. The molecule has 0 N–H and O–H groups in total. The van der Waals surface area contributed by atoms with E-state index in [-0.39, 0.29) is 5.91 Å². The standard InChI is InChI=1S/C21H24N4O/c1-23(2)13-14-24-19-10-6-4-8-17(19)22-20(24)15-25-18-9-5-3-7-16(18)11-12-21(25)26/h3-10H,11-15H2,1-2H3. The maximum Gasteiger partial charge on any atom is 0.227 e. The van der Waals surface area contributed by atoms with Gasteiger partial charge in [0, 0.05) is 25.2 Å². The van der Waals surface area contributed by atoms with Gasteiger partial charge >= 0.3 is 0 Å². The highest BCUT2D eigenvalue weighted by molar-refractivity contribution is 5.96.